The van der Waals surface area contributed by atoms with Crippen LogP contribution in [0.3, 0.4) is 0 Å². The van der Waals surface area contributed by atoms with Crippen molar-refractivity contribution in [1.82, 2.24) is 9.97 Å². The number of rotatable bonds is 2. The van der Waals surface area contributed by atoms with Gasteiger partial charge in [-0.2, -0.15) is 0 Å². The van der Waals surface area contributed by atoms with Crippen molar-refractivity contribution < 1.29 is 4.74 Å². The maximum Gasteiger partial charge on any atom is 0.223 e. The SMILES string of the molecule is Clc1ncc2ccc(Br)c(OC3CCC3)c2n1. The van der Waals surface area contributed by atoms with E-state index in [0.717, 1.165) is 34.0 Å². The van der Waals surface area contributed by atoms with Gasteiger partial charge < -0.3 is 4.74 Å². The zero-order chi connectivity index (χ0) is 11.8. The number of fused-ring (bicyclic) bond motifs is 1. The second-order valence-electron chi connectivity index (χ2n) is 4.12. The van der Waals surface area contributed by atoms with E-state index < -0.39 is 0 Å². The van der Waals surface area contributed by atoms with Crippen LogP contribution in [0, 0.1) is 0 Å². The molecule has 0 unspecified atom stereocenters. The van der Waals surface area contributed by atoms with Gasteiger partial charge in [0, 0.05) is 11.6 Å². The van der Waals surface area contributed by atoms with Crippen molar-refractivity contribution in [1.29, 1.82) is 0 Å². The van der Waals surface area contributed by atoms with Crippen molar-refractivity contribution >= 4 is 38.4 Å². The standard InChI is InChI=1S/C12H10BrClN2O/c13-9-5-4-7-6-15-12(14)16-10(7)11(9)17-8-2-1-3-8/h4-6,8H,1-3H2. The molecule has 0 spiro atoms. The molecule has 1 aromatic heterocycles. The average Bonchev–Trinajstić information content (AvgIpc) is 2.25. The fraction of sp³-hybridized carbons (Fsp3) is 0.333. The second kappa shape index (κ2) is 4.42. The van der Waals surface area contributed by atoms with E-state index in [0.29, 0.717) is 6.10 Å². The minimum Gasteiger partial charge on any atom is -0.487 e. The van der Waals surface area contributed by atoms with Crippen LogP contribution in [-0.2, 0) is 0 Å². The molecule has 88 valence electrons. The molecule has 1 heterocycles. The molecule has 1 fully saturated rings. The number of hydrogen-bond donors (Lipinski definition) is 0. The first-order valence-corrected chi connectivity index (χ1v) is 6.68. The van der Waals surface area contributed by atoms with E-state index in [2.05, 4.69) is 25.9 Å². The van der Waals surface area contributed by atoms with E-state index in [-0.39, 0.29) is 5.28 Å². The summed E-state index contributed by atoms with van der Waals surface area (Å²) in [6, 6.07) is 3.90. The van der Waals surface area contributed by atoms with Gasteiger partial charge in [0.25, 0.3) is 0 Å². The molecule has 0 aliphatic heterocycles. The molecule has 0 saturated heterocycles. The topological polar surface area (TPSA) is 35.0 Å². The van der Waals surface area contributed by atoms with Gasteiger partial charge in [-0.1, -0.05) is 0 Å². The predicted molar refractivity (Wildman–Crippen MR) is 70.5 cm³/mol. The lowest BCUT2D eigenvalue weighted by Crippen LogP contribution is -2.24. The Kier molecular flexibility index (Phi) is 2.92. The van der Waals surface area contributed by atoms with Gasteiger partial charge in [-0.25, -0.2) is 9.97 Å². The largest absolute Gasteiger partial charge is 0.487 e. The van der Waals surface area contributed by atoms with E-state index >= 15 is 0 Å². The van der Waals surface area contributed by atoms with Gasteiger partial charge in [-0.15, -0.1) is 0 Å². The molecule has 0 N–H and O–H groups in total. The molecule has 17 heavy (non-hydrogen) atoms. The first-order valence-electron chi connectivity index (χ1n) is 5.51. The molecule has 0 atom stereocenters. The Balaban J connectivity index is 2.11. The van der Waals surface area contributed by atoms with Crippen molar-refractivity contribution in [2.24, 2.45) is 0 Å². The molecule has 1 aromatic carbocycles. The zero-order valence-corrected chi connectivity index (χ0v) is 11.3. The van der Waals surface area contributed by atoms with Crippen LogP contribution in [0.5, 0.6) is 5.75 Å². The first kappa shape index (κ1) is 11.2. The lowest BCUT2D eigenvalue weighted by molar-refractivity contribution is 0.121. The summed E-state index contributed by atoms with van der Waals surface area (Å²) in [5.74, 6) is 0.775. The van der Waals surface area contributed by atoms with Crippen LogP contribution in [0.2, 0.25) is 5.28 Å². The Hall–Kier alpha value is -0.870. The number of aromatic nitrogens is 2. The summed E-state index contributed by atoms with van der Waals surface area (Å²) in [7, 11) is 0. The summed E-state index contributed by atoms with van der Waals surface area (Å²) in [6.45, 7) is 0. The Morgan fingerprint density at radius 3 is 2.88 bits per heavy atom. The Morgan fingerprint density at radius 1 is 1.35 bits per heavy atom. The lowest BCUT2D eigenvalue weighted by atomic mass is 9.96. The van der Waals surface area contributed by atoms with Crippen molar-refractivity contribution in [3.63, 3.8) is 0 Å². The number of benzene rings is 1. The highest BCUT2D eigenvalue weighted by Crippen LogP contribution is 2.36. The lowest BCUT2D eigenvalue weighted by Gasteiger charge is -2.27. The first-order chi connectivity index (χ1) is 8.24. The smallest absolute Gasteiger partial charge is 0.223 e. The Morgan fingerprint density at radius 2 is 2.18 bits per heavy atom. The molecule has 1 aliphatic rings. The third-order valence-electron chi connectivity index (χ3n) is 2.97. The van der Waals surface area contributed by atoms with Crippen LogP contribution >= 0.6 is 27.5 Å². The number of halogens is 2. The van der Waals surface area contributed by atoms with Gasteiger partial charge in [-0.3, -0.25) is 0 Å². The van der Waals surface area contributed by atoms with Gasteiger partial charge in [0.2, 0.25) is 5.28 Å². The van der Waals surface area contributed by atoms with E-state index in [1.807, 2.05) is 12.1 Å². The fourth-order valence-electron chi connectivity index (χ4n) is 1.79. The van der Waals surface area contributed by atoms with Gasteiger partial charge in [0.15, 0.2) is 5.75 Å². The summed E-state index contributed by atoms with van der Waals surface area (Å²) in [5.41, 5.74) is 0.770. The quantitative estimate of drug-likeness (QED) is 0.787. The van der Waals surface area contributed by atoms with Crippen molar-refractivity contribution in [2.45, 2.75) is 25.4 Å². The van der Waals surface area contributed by atoms with E-state index in [9.17, 15) is 0 Å². The van der Waals surface area contributed by atoms with Crippen molar-refractivity contribution in [3.8, 4) is 5.75 Å². The van der Waals surface area contributed by atoms with Crippen LogP contribution < -0.4 is 4.74 Å². The summed E-state index contributed by atoms with van der Waals surface area (Å²) < 4.78 is 6.86. The van der Waals surface area contributed by atoms with Crippen LogP contribution in [0.15, 0.2) is 22.8 Å². The maximum atomic E-state index is 5.95. The molecular formula is C12H10BrClN2O. The molecule has 3 rings (SSSR count). The molecule has 0 radical (unpaired) electrons. The molecule has 0 bridgehead atoms. The highest BCUT2D eigenvalue weighted by Gasteiger charge is 2.21. The maximum absolute atomic E-state index is 5.95. The van der Waals surface area contributed by atoms with Gasteiger partial charge in [-0.05, 0) is 58.9 Å². The molecule has 1 aliphatic carbocycles. The molecule has 0 amide bonds. The Labute approximate surface area is 112 Å². The number of ether oxygens (including phenoxy) is 1. The predicted octanol–water partition coefficient (Wildman–Crippen LogP) is 3.98. The Bertz CT molecular complexity index is 566. The highest BCUT2D eigenvalue weighted by atomic mass is 79.9. The number of nitrogens with zero attached hydrogens (tertiary/aromatic N) is 2. The normalized spacial score (nSPS) is 15.9. The van der Waals surface area contributed by atoms with Crippen LogP contribution in [-0.4, -0.2) is 16.1 Å². The molecule has 1 saturated carbocycles. The molecular weight excluding hydrogens is 304 g/mol. The van der Waals surface area contributed by atoms with Crippen LogP contribution in [0.4, 0.5) is 0 Å². The average molecular weight is 314 g/mol. The van der Waals surface area contributed by atoms with Gasteiger partial charge >= 0.3 is 0 Å². The third kappa shape index (κ3) is 2.11. The molecule has 2 aromatic rings. The van der Waals surface area contributed by atoms with Crippen molar-refractivity contribution in [2.75, 3.05) is 0 Å². The second-order valence-corrected chi connectivity index (χ2v) is 5.32. The van der Waals surface area contributed by atoms with Crippen LogP contribution in [0.1, 0.15) is 19.3 Å². The van der Waals surface area contributed by atoms with Gasteiger partial charge in [0.05, 0.1) is 10.6 Å². The summed E-state index contributed by atoms with van der Waals surface area (Å²) in [5, 5.41) is 1.18. The summed E-state index contributed by atoms with van der Waals surface area (Å²) in [6.07, 6.45) is 5.49. The summed E-state index contributed by atoms with van der Waals surface area (Å²) in [4.78, 5) is 8.22. The zero-order valence-electron chi connectivity index (χ0n) is 8.99. The minimum absolute atomic E-state index is 0.244. The molecule has 3 nitrogen and oxygen atoms in total. The van der Waals surface area contributed by atoms with E-state index in [1.54, 1.807) is 6.20 Å². The summed E-state index contributed by atoms with van der Waals surface area (Å²) >= 11 is 9.33. The minimum atomic E-state index is 0.244. The third-order valence-corrected chi connectivity index (χ3v) is 3.77. The molecule has 5 heteroatoms. The monoisotopic (exact) mass is 312 g/mol. The van der Waals surface area contributed by atoms with Gasteiger partial charge in [0.1, 0.15) is 5.52 Å². The van der Waals surface area contributed by atoms with Crippen LogP contribution in [0.25, 0.3) is 10.9 Å². The van der Waals surface area contributed by atoms with E-state index in [4.69, 9.17) is 16.3 Å². The van der Waals surface area contributed by atoms with Crippen molar-refractivity contribution in [3.05, 3.63) is 28.1 Å². The number of hydrogen-bond acceptors (Lipinski definition) is 3. The highest BCUT2D eigenvalue weighted by molar-refractivity contribution is 9.10. The van der Waals surface area contributed by atoms with E-state index in [1.165, 1.54) is 6.42 Å². The fourth-order valence-corrected chi connectivity index (χ4v) is 2.34.